The lowest BCUT2D eigenvalue weighted by atomic mass is 9.93. The number of amides is 1. The highest BCUT2D eigenvalue weighted by Gasteiger charge is 2.39. The highest BCUT2D eigenvalue weighted by Crippen LogP contribution is 2.46. The third-order valence-electron chi connectivity index (χ3n) is 4.68. The first-order valence-electron chi connectivity index (χ1n) is 8.94. The van der Waals surface area contributed by atoms with E-state index in [-0.39, 0.29) is 30.6 Å². The Bertz CT molecular complexity index is 948. The molecule has 31 heavy (non-hydrogen) atoms. The number of thioether (sulfide) groups is 1. The number of hydrogen-bond acceptors (Lipinski definition) is 3. The summed E-state index contributed by atoms with van der Waals surface area (Å²) in [4.78, 5) is 11.9. The van der Waals surface area contributed by atoms with Crippen LogP contribution in [0.4, 0.5) is 35.1 Å². The predicted octanol–water partition coefficient (Wildman–Crippen LogP) is 5.72. The van der Waals surface area contributed by atoms with Crippen molar-refractivity contribution >= 4 is 17.7 Å². The van der Waals surface area contributed by atoms with Crippen molar-refractivity contribution in [2.75, 3.05) is 0 Å². The number of carbonyl (C=O) groups excluding carboxylic acids is 1. The van der Waals surface area contributed by atoms with Gasteiger partial charge in [0.2, 0.25) is 0 Å². The maximum Gasteiger partial charge on any atom is 0.432 e. The van der Waals surface area contributed by atoms with Crippen LogP contribution < -0.4 is 5.32 Å². The molecule has 0 spiro atoms. The number of rotatable bonds is 4. The minimum Gasteiger partial charge on any atom is -0.348 e. The summed E-state index contributed by atoms with van der Waals surface area (Å²) in [5.41, 5.74) is -2.89. The molecule has 1 fully saturated rings. The molecule has 1 saturated carbocycles. The van der Waals surface area contributed by atoms with Gasteiger partial charge in [-0.1, -0.05) is 11.8 Å². The molecule has 1 amide bonds. The number of aromatic nitrogens is 2. The summed E-state index contributed by atoms with van der Waals surface area (Å²) in [6.45, 7) is 0. The van der Waals surface area contributed by atoms with Crippen LogP contribution in [-0.4, -0.2) is 27.1 Å². The van der Waals surface area contributed by atoms with E-state index in [1.165, 1.54) is 0 Å². The first-order valence-corrected chi connectivity index (χ1v) is 9.76. The van der Waals surface area contributed by atoms with Gasteiger partial charge in [0.1, 0.15) is 11.5 Å². The first-order chi connectivity index (χ1) is 14.2. The van der Waals surface area contributed by atoms with Crippen molar-refractivity contribution in [3.8, 4) is 0 Å². The van der Waals surface area contributed by atoms with Crippen molar-refractivity contribution in [3.63, 3.8) is 0 Å². The molecule has 3 rings (SSSR count). The molecular formula is C18H15F8N3OS. The van der Waals surface area contributed by atoms with Crippen LogP contribution in [0.3, 0.4) is 0 Å². The fraction of sp³-hybridized carbons (Fsp3) is 0.444. The summed E-state index contributed by atoms with van der Waals surface area (Å²) in [5.74, 6) is -2.00. The Kier molecular flexibility index (Phi) is 6.27. The molecule has 4 nitrogen and oxygen atoms in total. The summed E-state index contributed by atoms with van der Waals surface area (Å²) in [5, 5.41) is 5.51. The Morgan fingerprint density at radius 3 is 2.26 bits per heavy atom. The topological polar surface area (TPSA) is 57.8 Å². The molecule has 0 saturated heterocycles. The number of halogens is 8. The van der Waals surface area contributed by atoms with Crippen molar-refractivity contribution in [1.29, 1.82) is 0 Å². The monoisotopic (exact) mass is 473 g/mol. The van der Waals surface area contributed by atoms with Crippen LogP contribution in [0.15, 0.2) is 29.2 Å². The van der Waals surface area contributed by atoms with Gasteiger partial charge in [-0.05, 0) is 43.9 Å². The van der Waals surface area contributed by atoms with Gasteiger partial charge in [0.05, 0.1) is 5.56 Å². The van der Waals surface area contributed by atoms with Crippen molar-refractivity contribution in [3.05, 3.63) is 47.0 Å². The van der Waals surface area contributed by atoms with Gasteiger partial charge in [0, 0.05) is 17.0 Å². The van der Waals surface area contributed by atoms with Gasteiger partial charge in [0.15, 0.2) is 10.7 Å². The first kappa shape index (κ1) is 23.4. The molecule has 0 aliphatic heterocycles. The van der Waals surface area contributed by atoms with E-state index in [0.29, 0.717) is 30.0 Å². The molecule has 1 heterocycles. The van der Waals surface area contributed by atoms with E-state index in [0.717, 1.165) is 6.07 Å². The number of carbonyl (C=O) groups is 1. The van der Waals surface area contributed by atoms with E-state index >= 15 is 4.39 Å². The van der Waals surface area contributed by atoms with E-state index in [2.05, 4.69) is 10.4 Å². The van der Waals surface area contributed by atoms with Crippen LogP contribution >= 0.6 is 11.8 Å². The lowest BCUT2D eigenvalue weighted by molar-refractivity contribution is -0.141. The second-order valence-electron chi connectivity index (χ2n) is 7.07. The molecule has 0 bridgehead atoms. The molecule has 1 aromatic carbocycles. The molecule has 2 N–H and O–H groups in total. The third kappa shape index (κ3) is 5.89. The molecule has 170 valence electrons. The van der Waals surface area contributed by atoms with Crippen molar-refractivity contribution in [2.45, 2.75) is 54.0 Å². The fourth-order valence-corrected chi connectivity index (χ4v) is 4.35. The average Bonchev–Trinajstić information content (AvgIpc) is 3.13. The van der Waals surface area contributed by atoms with Crippen LogP contribution in [-0.2, 0) is 12.4 Å². The van der Waals surface area contributed by atoms with Crippen LogP contribution in [0.25, 0.3) is 0 Å². The number of nitrogens with one attached hydrogen (secondary N) is 2. The Balaban J connectivity index is 1.59. The van der Waals surface area contributed by atoms with Gasteiger partial charge >= 0.3 is 12.4 Å². The SMILES string of the molecule is O=C(NC1CCC(F)(Sc2cc(F)cc(C(F)(F)F)c2)CC1)c1cc(C(F)(F)F)[nH]n1. The zero-order valence-electron chi connectivity index (χ0n) is 15.5. The molecule has 1 aromatic heterocycles. The Morgan fingerprint density at radius 1 is 1.06 bits per heavy atom. The van der Waals surface area contributed by atoms with Crippen molar-refractivity contribution in [2.24, 2.45) is 0 Å². The summed E-state index contributed by atoms with van der Waals surface area (Å²) < 4.78 is 105. The molecular weight excluding hydrogens is 458 g/mol. The van der Waals surface area contributed by atoms with Crippen LogP contribution in [0.5, 0.6) is 0 Å². The summed E-state index contributed by atoms with van der Waals surface area (Å²) in [6.07, 6.45) is -9.60. The number of aromatic amines is 1. The lowest BCUT2D eigenvalue weighted by Crippen LogP contribution is -2.40. The van der Waals surface area contributed by atoms with Gasteiger partial charge in [-0.3, -0.25) is 9.89 Å². The molecule has 2 aromatic rings. The van der Waals surface area contributed by atoms with Crippen molar-refractivity contribution in [1.82, 2.24) is 15.5 Å². The lowest BCUT2D eigenvalue weighted by Gasteiger charge is -2.33. The number of nitrogens with zero attached hydrogens (tertiary/aromatic N) is 1. The van der Waals surface area contributed by atoms with Gasteiger partial charge in [-0.15, -0.1) is 0 Å². The highest BCUT2D eigenvalue weighted by atomic mass is 32.2. The molecule has 0 unspecified atom stereocenters. The predicted molar refractivity (Wildman–Crippen MR) is 94.4 cm³/mol. The molecule has 1 aliphatic rings. The number of alkyl halides is 7. The Labute approximate surface area is 174 Å². The standard InChI is InChI=1S/C18H15F8N3OS/c19-10-5-9(17(21,22)23)6-12(7-10)31-16(20)3-1-11(2-4-16)27-15(30)13-8-14(29-28-13)18(24,25)26/h5-8,11H,1-4H2,(H,27,30)(H,28,29). The summed E-state index contributed by atoms with van der Waals surface area (Å²) >= 11 is 0.473. The maximum atomic E-state index is 15.1. The zero-order valence-corrected chi connectivity index (χ0v) is 16.3. The molecule has 13 heteroatoms. The number of benzene rings is 1. The average molecular weight is 473 g/mol. The quantitative estimate of drug-likeness (QED) is 0.559. The van der Waals surface area contributed by atoms with Crippen LogP contribution in [0.2, 0.25) is 0 Å². The maximum absolute atomic E-state index is 15.1. The summed E-state index contributed by atoms with van der Waals surface area (Å²) in [6, 6.07) is 1.79. The number of hydrogen-bond donors (Lipinski definition) is 2. The molecule has 0 atom stereocenters. The van der Waals surface area contributed by atoms with Gasteiger partial charge in [-0.25, -0.2) is 8.78 Å². The minimum atomic E-state index is -4.78. The van der Waals surface area contributed by atoms with E-state index < -0.39 is 52.1 Å². The van der Waals surface area contributed by atoms with E-state index in [4.69, 9.17) is 0 Å². The fourth-order valence-electron chi connectivity index (χ4n) is 3.13. The van der Waals surface area contributed by atoms with Gasteiger partial charge in [0.25, 0.3) is 5.91 Å². The normalized spacial score (nSPS) is 22.4. The van der Waals surface area contributed by atoms with Gasteiger partial charge in [-0.2, -0.15) is 31.4 Å². The van der Waals surface area contributed by atoms with Crippen LogP contribution in [0.1, 0.15) is 47.4 Å². The Morgan fingerprint density at radius 2 is 1.71 bits per heavy atom. The summed E-state index contributed by atoms with van der Waals surface area (Å²) in [7, 11) is 0. The third-order valence-corrected chi connectivity index (χ3v) is 5.93. The van der Waals surface area contributed by atoms with E-state index in [9.17, 15) is 35.5 Å². The highest BCUT2D eigenvalue weighted by molar-refractivity contribution is 8.00. The Hall–Kier alpha value is -2.31. The molecule has 1 aliphatic carbocycles. The molecule has 0 radical (unpaired) electrons. The van der Waals surface area contributed by atoms with E-state index in [1.807, 2.05) is 0 Å². The second-order valence-corrected chi connectivity index (χ2v) is 8.48. The smallest absolute Gasteiger partial charge is 0.348 e. The van der Waals surface area contributed by atoms with Crippen molar-refractivity contribution < 1.29 is 39.9 Å². The van der Waals surface area contributed by atoms with Gasteiger partial charge < -0.3 is 5.32 Å². The zero-order chi connectivity index (χ0) is 23.0. The largest absolute Gasteiger partial charge is 0.432 e. The van der Waals surface area contributed by atoms with Crippen LogP contribution in [0, 0.1) is 5.82 Å². The number of H-pyrrole nitrogens is 1. The van der Waals surface area contributed by atoms with E-state index in [1.54, 1.807) is 5.10 Å². The minimum absolute atomic E-state index is 0.0905. The second kappa shape index (κ2) is 8.32.